The number of aromatic nitrogens is 3. The Balaban J connectivity index is 1.40. The van der Waals surface area contributed by atoms with Gasteiger partial charge in [-0.1, -0.05) is 35.7 Å². The van der Waals surface area contributed by atoms with Gasteiger partial charge in [-0.15, -0.1) is 5.10 Å². The number of imidazole rings is 1. The van der Waals surface area contributed by atoms with Gasteiger partial charge in [0.05, 0.1) is 18.7 Å². The van der Waals surface area contributed by atoms with Crippen LogP contribution < -0.4 is 5.32 Å². The molecule has 2 amide bonds. The molecule has 1 atom stereocenters. The van der Waals surface area contributed by atoms with Crippen LogP contribution in [0.5, 0.6) is 0 Å². The summed E-state index contributed by atoms with van der Waals surface area (Å²) in [5.41, 5.74) is 3.51. The van der Waals surface area contributed by atoms with E-state index in [1.54, 1.807) is 71.5 Å². The fourth-order valence-corrected chi connectivity index (χ4v) is 4.13. The Labute approximate surface area is 230 Å². The third-order valence-corrected chi connectivity index (χ3v) is 6.09. The lowest BCUT2D eigenvalue weighted by molar-refractivity contribution is -0.191. The summed E-state index contributed by atoms with van der Waals surface area (Å²) in [5.74, 6) is 3.09. The van der Waals surface area contributed by atoms with Crippen molar-refractivity contribution in [3.8, 4) is 11.8 Å². The molecule has 13 heteroatoms. The third-order valence-electron chi connectivity index (χ3n) is 5.86. The first-order chi connectivity index (χ1) is 19.1. The van der Waals surface area contributed by atoms with Crippen LogP contribution in [0.3, 0.4) is 0 Å². The van der Waals surface area contributed by atoms with Crippen LogP contribution in [0, 0.1) is 18.8 Å². The number of amides is 2. The largest absolute Gasteiger partial charge is 0.491 e. The van der Waals surface area contributed by atoms with Gasteiger partial charge in [0.2, 0.25) is 5.90 Å². The number of hydrazone groups is 1. The molecule has 0 bridgehead atoms. The smallest absolute Gasteiger partial charge is 0.403 e. The van der Waals surface area contributed by atoms with Gasteiger partial charge in [-0.25, -0.2) is 24.1 Å². The average Bonchev–Trinajstić information content (AvgIpc) is 3.53. The molecule has 4 aromatic rings. The molecule has 1 aliphatic rings. The van der Waals surface area contributed by atoms with Crippen molar-refractivity contribution in [2.75, 3.05) is 5.32 Å². The van der Waals surface area contributed by atoms with Crippen LogP contribution in [-0.2, 0) is 9.53 Å². The van der Waals surface area contributed by atoms with E-state index in [1.807, 2.05) is 6.92 Å². The average molecular weight is 567 g/mol. The number of rotatable bonds is 2. The number of anilines is 1. The monoisotopic (exact) mass is 566 g/mol. The summed E-state index contributed by atoms with van der Waals surface area (Å²) in [5, 5.41) is 12.0. The lowest BCUT2D eigenvalue weighted by Crippen LogP contribution is -2.31. The normalized spacial score (nSPS) is 14.9. The second kappa shape index (κ2) is 10.7. The summed E-state index contributed by atoms with van der Waals surface area (Å²) < 4.78 is 44.3. The van der Waals surface area contributed by atoms with Gasteiger partial charge < -0.3 is 10.1 Å². The van der Waals surface area contributed by atoms with Gasteiger partial charge in [0.1, 0.15) is 5.69 Å². The minimum Gasteiger partial charge on any atom is -0.403 e. The van der Waals surface area contributed by atoms with Gasteiger partial charge in [0.15, 0.2) is 5.65 Å². The molecule has 1 N–H and O–H groups in total. The molecule has 2 aromatic carbocycles. The van der Waals surface area contributed by atoms with Gasteiger partial charge in [-0.2, -0.15) is 18.3 Å². The minimum absolute atomic E-state index is 0.270. The van der Waals surface area contributed by atoms with Crippen LogP contribution in [0.1, 0.15) is 34.8 Å². The number of fused-ring (bicyclic) bond motifs is 1. The quantitative estimate of drug-likeness (QED) is 0.255. The van der Waals surface area contributed by atoms with E-state index in [-0.39, 0.29) is 6.42 Å². The highest BCUT2D eigenvalue weighted by atomic mass is 35.5. The first-order valence-electron chi connectivity index (χ1n) is 11.7. The van der Waals surface area contributed by atoms with E-state index in [9.17, 15) is 22.8 Å². The number of ether oxygens (including phenoxy) is 1. The van der Waals surface area contributed by atoms with E-state index in [0.29, 0.717) is 33.2 Å². The van der Waals surface area contributed by atoms with Crippen LogP contribution in [0.2, 0.25) is 5.02 Å². The summed E-state index contributed by atoms with van der Waals surface area (Å²) >= 11 is 6.08. The molecule has 0 radical (unpaired) electrons. The zero-order valence-corrected chi connectivity index (χ0v) is 21.4. The summed E-state index contributed by atoms with van der Waals surface area (Å²) in [6.45, 7) is 1.85. The van der Waals surface area contributed by atoms with Crippen LogP contribution >= 0.6 is 11.6 Å². The Morgan fingerprint density at radius 3 is 2.73 bits per heavy atom. The summed E-state index contributed by atoms with van der Waals surface area (Å²) in [6, 6.07) is 13.4. The first kappa shape index (κ1) is 26.7. The molecule has 0 fully saturated rings. The molecule has 3 heterocycles. The number of hydrogen-bond donors (Lipinski definition) is 1. The molecule has 1 aliphatic heterocycles. The Morgan fingerprint density at radius 1 is 1.12 bits per heavy atom. The molecular formula is C27H18ClF3N6O3. The Kier molecular flexibility index (Phi) is 7.15. The molecule has 1 unspecified atom stereocenters. The molecule has 5 rings (SSSR count). The standard InChI is InChI=1S/C27H18ClF3N6O3/c1-16-7-9-20(13-17(16)8-10-21-15-32-23-6-3-11-33-36(21)23)34-26(39)37-22(18-4-2-5-19(28)12-18)14-24(35-37)40-25(38)27(29,30)31/h2-7,9,11-13,15,22H,14H2,1H3,(H,34,39). The van der Waals surface area contributed by atoms with E-state index < -0.39 is 30.1 Å². The zero-order chi connectivity index (χ0) is 28.4. The lowest BCUT2D eigenvalue weighted by atomic mass is 10.0. The number of urea groups is 1. The predicted octanol–water partition coefficient (Wildman–Crippen LogP) is 5.49. The van der Waals surface area contributed by atoms with Crippen LogP contribution in [0.15, 0.2) is 72.1 Å². The van der Waals surface area contributed by atoms with Crippen molar-refractivity contribution in [2.45, 2.75) is 25.6 Å². The highest BCUT2D eigenvalue weighted by Crippen LogP contribution is 2.33. The summed E-state index contributed by atoms with van der Waals surface area (Å²) in [7, 11) is 0. The predicted molar refractivity (Wildman–Crippen MR) is 139 cm³/mol. The Morgan fingerprint density at radius 2 is 1.95 bits per heavy atom. The number of esters is 1. The lowest BCUT2D eigenvalue weighted by Gasteiger charge is -2.22. The fraction of sp³-hybridized carbons (Fsp3) is 0.148. The molecule has 40 heavy (non-hydrogen) atoms. The van der Waals surface area contributed by atoms with Gasteiger partial charge in [0.25, 0.3) is 0 Å². The number of carbonyl (C=O) groups is 2. The van der Waals surface area contributed by atoms with Gasteiger partial charge >= 0.3 is 18.2 Å². The molecule has 2 aromatic heterocycles. The molecule has 9 nitrogen and oxygen atoms in total. The maximum atomic E-state index is 13.3. The van der Waals surface area contributed by atoms with E-state index in [1.165, 1.54) is 0 Å². The molecular weight excluding hydrogens is 549 g/mol. The number of benzene rings is 2. The van der Waals surface area contributed by atoms with Crippen LogP contribution in [0.4, 0.5) is 23.7 Å². The minimum atomic E-state index is -5.22. The number of carbonyl (C=O) groups excluding carboxylic acids is 2. The number of hydrogen-bond acceptors (Lipinski definition) is 6. The second-order valence-corrected chi connectivity index (χ2v) is 9.08. The van der Waals surface area contributed by atoms with Crippen LogP contribution in [-0.4, -0.2) is 43.7 Å². The highest BCUT2D eigenvalue weighted by molar-refractivity contribution is 6.30. The molecule has 202 valence electrons. The maximum Gasteiger partial charge on any atom is 0.491 e. The topological polar surface area (TPSA) is 101 Å². The van der Waals surface area contributed by atoms with Crippen molar-refractivity contribution in [3.63, 3.8) is 0 Å². The fourth-order valence-electron chi connectivity index (χ4n) is 3.93. The van der Waals surface area contributed by atoms with Crippen molar-refractivity contribution in [1.82, 2.24) is 19.6 Å². The van der Waals surface area contributed by atoms with Crippen molar-refractivity contribution >= 4 is 40.8 Å². The Hall–Kier alpha value is -4.89. The number of nitrogens with one attached hydrogen (secondary N) is 1. The van der Waals surface area contributed by atoms with E-state index in [2.05, 4.69) is 37.1 Å². The summed E-state index contributed by atoms with van der Waals surface area (Å²) in [4.78, 5) is 28.9. The van der Waals surface area contributed by atoms with E-state index >= 15 is 0 Å². The first-order valence-corrected chi connectivity index (χ1v) is 12.1. The third kappa shape index (κ3) is 5.74. The van der Waals surface area contributed by atoms with Crippen molar-refractivity contribution in [1.29, 1.82) is 0 Å². The highest BCUT2D eigenvalue weighted by Gasteiger charge is 2.44. The van der Waals surface area contributed by atoms with Crippen molar-refractivity contribution in [3.05, 3.63) is 94.4 Å². The van der Waals surface area contributed by atoms with Crippen LogP contribution in [0.25, 0.3) is 5.65 Å². The van der Waals surface area contributed by atoms with E-state index in [4.69, 9.17) is 11.6 Å². The Bertz CT molecular complexity index is 1720. The van der Waals surface area contributed by atoms with Crippen molar-refractivity contribution < 1.29 is 27.5 Å². The van der Waals surface area contributed by atoms with Crippen molar-refractivity contribution in [2.24, 2.45) is 5.10 Å². The maximum absolute atomic E-state index is 13.3. The molecule has 0 saturated heterocycles. The molecule has 0 spiro atoms. The summed E-state index contributed by atoms with van der Waals surface area (Å²) in [6.07, 6.45) is -2.27. The SMILES string of the molecule is Cc1ccc(NC(=O)N2N=C(OC(=O)C(F)(F)F)CC2c2cccc(Cl)c2)cc1C#Cc1cnc2cccnn12. The number of aryl methyl sites for hydroxylation is 1. The number of halogens is 4. The van der Waals surface area contributed by atoms with Gasteiger partial charge in [0, 0.05) is 22.5 Å². The number of nitrogens with zero attached hydrogens (tertiary/aromatic N) is 5. The van der Waals surface area contributed by atoms with Gasteiger partial charge in [-0.3, -0.25) is 0 Å². The molecule has 0 saturated carbocycles. The molecule has 0 aliphatic carbocycles. The van der Waals surface area contributed by atoms with E-state index in [0.717, 1.165) is 10.6 Å². The zero-order valence-electron chi connectivity index (χ0n) is 20.6. The van der Waals surface area contributed by atoms with Gasteiger partial charge in [-0.05, 0) is 60.4 Å². The number of alkyl halides is 3. The second-order valence-electron chi connectivity index (χ2n) is 8.65.